The van der Waals surface area contributed by atoms with Crippen molar-refractivity contribution in [1.29, 1.82) is 0 Å². The molecular formula is C20H23Cl2N3O4. The molecule has 0 atom stereocenters. The lowest BCUT2D eigenvalue weighted by molar-refractivity contribution is -0.118. The SMILES string of the molecule is Cl.O=C1Nc2cc(Cl)ccc2N(C(=O)CCN(CCO)CCO)c2ccccc21. The molecule has 3 N–H and O–H groups in total. The minimum Gasteiger partial charge on any atom is -0.395 e. The maximum atomic E-state index is 13.2. The Bertz CT molecular complexity index is 873. The summed E-state index contributed by atoms with van der Waals surface area (Å²) in [7, 11) is 0. The van der Waals surface area contributed by atoms with Gasteiger partial charge in [0.2, 0.25) is 5.91 Å². The minimum absolute atomic E-state index is 0. The van der Waals surface area contributed by atoms with Crippen LogP contribution >= 0.6 is 24.0 Å². The molecule has 0 unspecified atom stereocenters. The lowest BCUT2D eigenvalue weighted by Crippen LogP contribution is -2.35. The van der Waals surface area contributed by atoms with Crippen molar-refractivity contribution in [2.24, 2.45) is 0 Å². The Hall–Kier alpha value is -2.16. The third-order valence-corrected chi connectivity index (χ3v) is 4.80. The Morgan fingerprint density at radius 2 is 1.72 bits per heavy atom. The first-order chi connectivity index (χ1) is 13.5. The first-order valence-electron chi connectivity index (χ1n) is 9.02. The Kier molecular flexibility index (Phi) is 8.43. The zero-order chi connectivity index (χ0) is 20.1. The molecule has 1 aliphatic rings. The van der Waals surface area contributed by atoms with Crippen molar-refractivity contribution in [2.45, 2.75) is 6.42 Å². The Morgan fingerprint density at radius 3 is 2.41 bits per heavy atom. The number of aliphatic hydroxyl groups is 2. The van der Waals surface area contributed by atoms with Crippen LogP contribution in [0.5, 0.6) is 0 Å². The summed E-state index contributed by atoms with van der Waals surface area (Å²) in [5, 5.41) is 21.6. The Morgan fingerprint density at radius 1 is 1.03 bits per heavy atom. The fourth-order valence-corrected chi connectivity index (χ4v) is 3.41. The van der Waals surface area contributed by atoms with Gasteiger partial charge >= 0.3 is 0 Å². The number of amides is 2. The number of nitrogens with one attached hydrogen (secondary N) is 1. The molecule has 2 aromatic rings. The molecule has 0 radical (unpaired) electrons. The molecule has 0 bridgehead atoms. The van der Waals surface area contributed by atoms with Crippen LogP contribution in [-0.2, 0) is 4.79 Å². The van der Waals surface area contributed by atoms with Crippen molar-refractivity contribution >= 4 is 52.9 Å². The van der Waals surface area contributed by atoms with Gasteiger partial charge in [-0.1, -0.05) is 23.7 Å². The number of benzene rings is 2. The van der Waals surface area contributed by atoms with Gasteiger partial charge in [0.15, 0.2) is 0 Å². The van der Waals surface area contributed by atoms with E-state index in [4.69, 9.17) is 21.8 Å². The smallest absolute Gasteiger partial charge is 0.257 e. The average Bonchev–Trinajstić information content (AvgIpc) is 2.80. The first kappa shape index (κ1) is 23.1. The maximum absolute atomic E-state index is 13.2. The van der Waals surface area contributed by atoms with Gasteiger partial charge in [0, 0.05) is 31.1 Å². The van der Waals surface area contributed by atoms with Crippen LogP contribution in [-0.4, -0.2) is 59.8 Å². The lowest BCUT2D eigenvalue weighted by Gasteiger charge is -2.26. The van der Waals surface area contributed by atoms with Gasteiger partial charge in [-0.05, 0) is 30.3 Å². The van der Waals surface area contributed by atoms with Gasteiger partial charge in [-0.15, -0.1) is 12.4 Å². The minimum atomic E-state index is -0.309. The summed E-state index contributed by atoms with van der Waals surface area (Å²) in [6.45, 7) is 1.01. The summed E-state index contributed by atoms with van der Waals surface area (Å²) in [6.07, 6.45) is 0.157. The number of nitrogens with zero attached hydrogens (tertiary/aromatic N) is 2. The summed E-state index contributed by atoms with van der Waals surface area (Å²) >= 11 is 6.08. The van der Waals surface area contributed by atoms with E-state index in [9.17, 15) is 9.59 Å². The molecule has 2 amide bonds. The molecule has 1 heterocycles. The second-order valence-electron chi connectivity index (χ2n) is 6.40. The van der Waals surface area contributed by atoms with Crippen molar-refractivity contribution in [2.75, 3.05) is 43.1 Å². The van der Waals surface area contributed by atoms with Crippen LogP contribution in [0.1, 0.15) is 16.8 Å². The van der Waals surface area contributed by atoms with Crippen molar-refractivity contribution in [3.8, 4) is 0 Å². The highest BCUT2D eigenvalue weighted by Crippen LogP contribution is 2.39. The van der Waals surface area contributed by atoms with E-state index >= 15 is 0 Å². The molecule has 7 nitrogen and oxygen atoms in total. The normalized spacial score (nSPS) is 12.6. The lowest BCUT2D eigenvalue weighted by atomic mass is 10.1. The number of anilines is 3. The van der Waals surface area contributed by atoms with Gasteiger partial charge in [-0.2, -0.15) is 0 Å². The first-order valence-corrected chi connectivity index (χ1v) is 9.40. The maximum Gasteiger partial charge on any atom is 0.257 e. The Balaban J connectivity index is 0.00000300. The number of carbonyl (C=O) groups is 2. The predicted molar refractivity (Wildman–Crippen MR) is 115 cm³/mol. The number of carbonyl (C=O) groups excluding carboxylic acids is 2. The molecule has 0 aliphatic carbocycles. The van der Waals surface area contributed by atoms with E-state index in [1.54, 1.807) is 42.5 Å². The molecule has 0 saturated heterocycles. The molecule has 0 spiro atoms. The number of para-hydroxylation sites is 1. The van der Waals surface area contributed by atoms with Gasteiger partial charge in [-0.25, -0.2) is 0 Å². The van der Waals surface area contributed by atoms with Gasteiger partial charge < -0.3 is 15.5 Å². The van der Waals surface area contributed by atoms with E-state index in [0.29, 0.717) is 47.3 Å². The fourth-order valence-electron chi connectivity index (χ4n) is 3.24. The average molecular weight is 440 g/mol. The predicted octanol–water partition coefficient (Wildman–Crippen LogP) is 2.67. The quantitative estimate of drug-likeness (QED) is 0.616. The van der Waals surface area contributed by atoms with Crippen molar-refractivity contribution < 1.29 is 19.8 Å². The van der Waals surface area contributed by atoms with Gasteiger partial charge in [0.1, 0.15) is 0 Å². The Labute approximate surface area is 180 Å². The van der Waals surface area contributed by atoms with Gasteiger partial charge in [-0.3, -0.25) is 19.4 Å². The molecule has 0 aromatic heterocycles. The molecule has 156 valence electrons. The van der Waals surface area contributed by atoms with Gasteiger partial charge in [0.25, 0.3) is 5.91 Å². The molecule has 0 fully saturated rings. The second kappa shape index (κ2) is 10.6. The van der Waals surface area contributed by atoms with Crippen molar-refractivity contribution in [3.05, 3.63) is 53.1 Å². The molecule has 9 heteroatoms. The third kappa shape index (κ3) is 5.26. The summed E-state index contributed by atoms with van der Waals surface area (Å²) in [5.74, 6) is -0.509. The zero-order valence-electron chi connectivity index (χ0n) is 15.7. The number of aliphatic hydroxyl groups excluding tert-OH is 2. The zero-order valence-corrected chi connectivity index (χ0v) is 17.2. The van der Waals surface area contributed by atoms with E-state index in [0.717, 1.165) is 0 Å². The summed E-state index contributed by atoms with van der Waals surface area (Å²) in [5.41, 5.74) is 1.90. The molecule has 2 aromatic carbocycles. The third-order valence-electron chi connectivity index (χ3n) is 4.56. The van der Waals surface area contributed by atoms with Crippen LogP contribution in [0.15, 0.2) is 42.5 Å². The van der Waals surface area contributed by atoms with Crippen LogP contribution in [0.2, 0.25) is 5.02 Å². The molecule has 29 heavy (non-hydrogen) atoms. The standard InChI is InChI=1S/C20H22ClN3O4.ClH/c21-14-5-6-18-16(13-14)22-20(28)15-3-1-2-4-17(15)24(18)19(27)7-8-23(9-11-25)10-12-26;/h1-6,13,25-26H,7-12H2,(H,22,28);1H. The molecule has 1 aliphatic heterocycles. The molecular weight excluding hydrogens is 417 g/mol. The van der Waals surface area contributed by atoms with Crippen molar-refractivity contribution in [3.63, 3.8) is 0 Å². The van der Waals surface area contributed by atoms with Gasteiger partial charge in [0.05, 0.1) is 35.8 Å². The molecule has 3 rings (SSSR count). The fraction of sp³-hybridized carbons (Fsp3) is 0.300. The van der Waals surface area contributed by atoms with Crippen molar-refractivity contribution in [1.82, 2.24) is 4.90 Å². The summed E-state index contributed by atoms with van der Waals surface area (Å²) < 4.78 is 0. The highest BCUT2D eigenvalue weighted by molar-refractivity contribution is 6.31. The summed E-state index contributed by atoms with van der Waals surface area (Å²) in [4.78, 5) is 29.1. The highest BCUT2D eigenvalue weighted by Gasteiger charge is 2.29. The van der Waals surface area contributed by atoms with Crippen LogP contribution in [0.4, 0.5) is 17.1 Å². The van der Waals surface area contributed by atoms with Crippen LogP contribution in [0, 0.1) is 0 Å². The van der Waals surface area contributed by atoms with E-state index < -0.39 is 0 Å². The molecule has 0 saturated carbocycles. The van der Waals surface area contributed by atoms with E-state index in [1.165, 1.54) is 4.90 Å². The van der Waals surface area contributed by atoms with Crippen LogP contribution in [0.25, 0.3) is 0 Å². The number of halogens is 2. The topological polar surface area (TPSA) is 93.1 Å². The number of hydrogen-bond donors (Lipinski definition) is 3. The van der Waals surface area contributed by atoms with Crippen LogP contribution in [0.3, 0.4) is 0 Å². The van der Waals surface area contributed by atoms with E-state index in [-0.39, 0.29) is 43.9 Å². The van der Waals surface area contributed by atoms with Crippen LogP contribution < -0.4 is 10.2 Å². The highest BCUT2D eigenvalue weighted by atomic mass is 35.5. The summed E-state index contributed by atoms with van der Waals surface area (Å²) in [6, 6.07) is 11.9. The number of hydrogen-bond acceptors (Lipinski definition) is 5. The second-order valence-corrected chi connectivity index (χ2v) is 6.84. The largest absolute Gasteiger partial charge is 0.395 e. The monoisotopic (exact) mass is 439 g/mol. The van der Waals surface area contributed by atoms with E-state index in [2.05, 4.69) is 5.32 Å². The van der Waals surface area contributed by atoms with E-state index in [1.807, 2.05) is 4.90 Å². The number of fused-ring (bicyclic) bond motifs is 2. The number of rotatable bonds is 7.